The number of hydrogen-bond donors (Lipinski definition) is 0. The van der Waals surface area contributed by atoms with Gasteiger partial charge in [0.15, 0.2) is 0 Å². The smallest absolute Gasteiger partial charge is 0.308 e. The molecule has 2 aliphatic heterocycles. The van der Waals surface area contributed by atoms with E-state index in [0.29, 0.717) is 33.0 Å². The zero-order valence-electron chi connectivity index (χ0n) is 7.58. The van der Waals surface area contributed by atoms with Gasteiger partial charge in [0, 0.05) is 6.61 Å². The van der Waals surface area contributed by atoms with Crippen LogP contribution in [0.15, 0.2) is 12.2 Å². The highest BCUT2D eigenvalue weighted by Gasteiger charge is 2.38. The van der Waals surface area contributed by atoms with Crippen molar-refractivity contribution >= 4 is 0 Å². The van der Waals surface area contributed by atoms with Gasteiger partial charge in [-0.2, -0.15) is 0 Å². The number of rotatable bonds is 0. The third kappa shape index (κ3) is 2.08. The van der Waals surface area contributed by atoms with Crippen LogP contribution in [0, 0.1) is 0 Å². The minimum absolute atomic E-state index is 0.348. The molecule has 0 amide bonds. The van der Waals surface area contributed by atoms with Crippen molar-refractivity contribution in [1.82, 2.24) is 0 Å². The fourth-order valence-corrected chi connectivity index (χ4v) is 1.30. The van der Waals surface area contributed by atoms with E-state index >= 15 is 0 Å². The van der Waals surface area contributed by atoms with Crippen molar-refractivity contribution in [2.24, 2.45) is 0 Å². The van der Waals surface area contributed by atoms with E-state index in [2.05, 4.69) is 6.58 Å². The van der Waals surface area contributed by atoms with E-state index in [9.17, 15) is 0 Å². The molecule has 4 heteroatoms. The average Bonchev–Trinajstić information content (AvgIpc) is 2.37. The van der Waals surface area contributed by atoms with Crippen molar-refractivity contribution in [2.45, 2.75) is 12.4 Å². The lowest BCUT2D eigenvalue weighted by molar-refractivity contribution is -0.395. The lowest BCUT2D eigenvalue weighted by Gasteiger charge is -2.35. The summed E-state index contributed by atoms with van der Waals surface area (Å²) in [4.78, 5) is 0. The summed E-state index contributed by atoms with van der Waals surface area (Å²) in [6, 6.07) is 0. The van der Waals surface area contributed by atoms with Crippen molar-refractivity contribution in [3.05, 3.63) is 12.2 Å². The molecule has 2 aliphatic rings. The normalized spacial score (nSPS) is 28.8. The van der Waals surface area contributed by atoms with E-state index in [1.807, 2.05) is 0 Å². The lowest BCUT2D eigenvalue weighted by Crippen LogP contribution is -2.47. The molecule has 0 aromatic carbocycles. The molecule has 0 N–H and O–H groups in total. The summed E-state index contributed by atoms with van der Waals surface area (Å²) in [5, 5.41) is 0. The maximum absolute atomic E-state index is 5.47. The molecule has 0 aromatic heterocycles. The van der Waals surface area contributed by atoms with E-state index in [0.717, 1.165) is 12.0 Å². The zero-order chi connectivity index (χ0) is 9.15. The van der Waals surface area contributed by atoms with Crippen LogP contribution < -0.4 is 0 Å². The first-order chi connectivity index (χ1) is 6.31. The first kappa shape index (κ1) is 9.15. The molecular weight excluding hydrogens is 172 g/mol. The Labute approximate surface area is 77.4 Å². The Hall–Kier alpha value is -0.420. The summed E-state index contributed by atoms with van der Waals surface area (Å²) >= 11 is 0. The molecule has 0 aliphatic carbocycles. The minimum atomic E-state index is -0.961. The van der Waals surface area contributed by atoms with Crippen LogP contribution in [0.5, 0.6) is 0 Å². The summed E-state index contributed by atoms with van der Waals surface area (Å²) in [5.41, 5.74) is 0.929. The van der Waals surface area contributed by atoms with Crippen LogP contribution in [0.25, 0.3) is 0 Å². The van der Waals surface area contributed by atoms with Crippen LogP contribution in [0.3, 0.4) is 0 Å². The molecule has 2 heterocycles. The third-order valence-electron chi connectivity index (χ3n) is 2.03. The number of hydrogen-bond acceptors (Lipinski definition) is 4. The van der Waals surface area contributed by atoms with Gasteiger partial charge < -0.3 is 18.9 Å². The van der Waals surface area contributed by atoms with Gasteiger partial charge in [0.25, 0.3) is 0 Å². The second-order valence-corrected chi connectivity index (χ2v) is 3.26. The number of ether oxygens (including phenoxy) is 4. The predicted molar refractivity (Wildman–Crippen MR) is 45.2 cm³/mol. The fraction of sp³-hybridized carbons (Fsp3) is 0.778. The van der Waals surface area contributed by atoms with Gasteiger partial charge in [-0.05, 0) is 12.0 Å². The molecule has 0 aromatic rings. The molecule has 1 spiro atoms. The summed E-state index contributed by atoms with van der Waals surface area (Å²) in [7, 11) is 0. The van der Waals surface area contributed by atoms with Gasteiger partial charge in [0.1, 0.15) is 6.61 Å². The van der Waals surface area contributed by atoms with Crippen molar-refractivity contribution in [3.63, 3.8) is 0 Å². The molecule has 0 atom stereocenters. The zero-order valence-corrected chi connectivity index (χ0v) is 7.58. The summed E-state index contributed by atoms with van der Waals surface area (Å²) < 4.78 is 21.6. The van der Waals surface area contributed by atoms with Crippen molar-refractivity contribution < 1.29 is 18.9 Å². The van der Waals surface area contributed by atoms with Crippen LogP contribution in [0.4, 0.5) is 0 Å². The Balaban J connectivity index is 1.97. The Bertz CT molecular complexity index is 182. The van der Waals surface area contributed by atoms with E-state index < -0.39 is 5.97 Å². The second-order valence-electron chi connectivity index (χ2n) is 3.26. The van der Waals surface area contributed by atoms with Crippen LogP contribution in [0.1, 0.15) is 6.42 Å². The van der Waals surface area contributed by atoms with Gasteiger partial charge >= 0.3 is 5.97 Å². The molecule has 2 saturated heterocycles. The maximum atomic E-state index is 5.47. The highest BCUT2D eigenvalue weighted by molar-refractivity contribution is 4.97. The third-order valence-corrected chi connectivity index (χ3v) is 2.03. The highest BCUT2D eigenvalue weighted by atomic mass is 16.9. The minimum Gasteiger partial charge on any atom is -0.373 e. The van der Waals surface area contributed by atoms with Gasteiger partial charge in [0.05, 0.1) is 19.8 Å². The largest absolute Gasteiger partial charge is 0.373 e. The fourth-order valence-electron chi connectivity index (χ4n) is 1.30. The van der Waals surface area contributed by atoms with E-state index in [4.69, 9.17) is 18.9 Å². The second kappa shape index (κ2) is 3.75. The highest BCUT2D eigenvalue weighted by Crippen LogP contribution is 2.24. The summed E-state index contributed by atoms with van der Waals surface area (Å²) in [6.45, 7) is 6.42. The van der Waals surface area contributed by atoms with Crippen molar-refractivity contribution in [3.8, 4) is 0 Å². The Morgan fingerprint density at radius 1 is 1.08 bits per heavy atom. The quantitative estimate of drug-likeness (QED) is 0.521. The van der Waals surface area contributed by atoms with Crippen molar-refractivity contribution in [2.75, 3.05) is 33.0 Å². The molecule has 2 rings (SSSR count). The first-order valence-electron chi connectivity index (χ1n) is 4.47. The Kier molecular flexibility index (Phi) is 2.64. The van der Waals surface area contributed by atoms with Crippen LogP contribution >= 0.6 is 0 Å². The predicted octanol–water partition coefficient (Wildman–Crippen LogP) is 0.680. The molecular formula is C9H14O4. The Morgan fingerprint density at radius 3 is 2.62 bits per heavy atom. The van der Waals surface area contributed by atoms with Crippen LogP contribution in [0.2, 0.25) is 0 Å². The van der Waals surface area contributed by atoms with E-state index in [1.165, 1.54) is 0 Å². The van der Waals surface area contributed by atoms with E-state index in [-0.39, 0.29) is 0 Å². The van der Waals surface area contributed by atoms with Gasteiger partial charge in [-0.25, -0.2) is 0 Å². The van der Waals surface area contributed by atoms with Crippen LogP contribution in [-0.4, -0.2) is 39.0 Å². The standard InChI is InChI=1S/C9H14O4/c1-8-5-12-9(13-6-8)7-10-3-2-4-11-9/h1-7H2. The maximum Gasteiger partial charge on any atom is 0.308 e. The molecule has 0 unspecified atom stereocenters. The molecule has 0 saturated carbocycles. The van der Waals surface area contributed by atoms with E-state index in [1.54, 1.807) is 0 Å². The van der Waals surface area contributed by atoms with Gasteiger partial charge in [-0.1, -0.05) is 6.58 Å². The summed E-state index contributed by atoms with van der Waals surface area (Å²) in [5.74, 6) is -0.961. The first-order valence-corrected chi connectivity index (χ1v) is 4.47. The van der Waals surface area contributed by atoms with Gasteiger partial charge in [-0.3, -0.25) is 0 Å². The lowest BCUT2D eigenvalue weighted by atomic mass is 10.3. The van der Waals surface area contributed by atoms with Crippen molar-refractivity contribution in [1.29, 1.82) is 0 Å². The van der Waals surface area contributed by atoms with Crippen LogP contribution in [-0.2, 0) is 18.9 Å². The molecule has 74 valence electrons. The SMILES string of the molecule is C=C1COC2(COCCCO2)OC1. The molecule has 0 bridgehead atoms. The van der Waals surface area contributed by atoms with Gasteiger partial charge in [-0.15, -0.1) is 0 Å². The summed E-state index contributed by atoms with van der Waals surface area (Å²) in [6.07, 6.45) is 0.884. The topological polar surface area (TPSA) is 36.9 Å². The molecule has 2 fully saturated rings. The Morgan fingerprint density at radius 2 is 1.85 bits per heavy atom. The molecule has 0 radical (unpaired) electrons. The molecule has 4 nitrogen and oxygen atoms in total. The monoisotopic (exact) mass is 186 g/mol. The molecule has 13 heavy (non-hydrogen) atoms. The average molecular weight is 186 g/mol. The van der Waals surface area contributed by atoms with Gasteiger partial charge in [0.2, 0.25) is 0 Å².